The lowest BCUT2D eigenvalue weighted by molar-refractivity contribution is -0.281. The number of hydrazone groups is 1. The van der Waals surface area contributed by atoms with Crippen LogP contribution in [0.2, 0.25) is 0 Å². The zero-order valence-corrected chi connectivity index (χ0v) is 12.5. The number of hydrogen-bond donors (Lipinski definition) is 2. The second-order valence-electron chi connectivity index (χ2n) is 5.76. The van der Waals surface area contributed by atoms with Gasteiger partial charge in [-0.15, -0.1) is 0 Å². The lowest BCUT2D eigenvalue weighted by atomic mass is 9.77. The molecule has 1 aliphatic carbocycles. The number of fused-ring (bicyclic) bond motifs is 1. The fourth-order valence-electron chi connectivity index (χ4n) is 3.07. The fraction of sp³-hybridized carbons (Fsp3) is 0.438. The summed E-state index contributed by atoms with van der Waals surface area (Å²) >= 11 is 0. The van der Waals surface area contributed by atoms with Crippen LogP contribution in [0.1, 0.15) is 24.8 Å². The van der Waals surface area contributed by atoms with Crippen LogP contribution in [0, 0.1) is 5.92 Å². The summed E-state index contributed by atoms with van der Waals surface area (Å²) in [4.78, 5) is 0. The average Bonchev–Trinajstić information content (AvgIpc) is 2.88. The Labute approximate surface area is 131 Å². The molecule has 0 spiro atoms. The summed E-state index contributed by atoms with van der Waals surface area (Å²) in [6, 6.07) is 7.23. The van der Waals surface area contributed by atoms with E-state index in [2.05, 4.69) is 5.10 Å². The highest BCUT2D eigenvalue weighted by Gasteiger charge is 2.63. The van der Waals surface area contributed by atoms with Crippen LogP contribution >= 0.6 is 0 Å². The van der Waals surface area contributed by atoms with Gasteiger partial charge in [-0.05, 0) is 48.6 Å². The lowest BCUT2D eigenvalue weighted by Gasteiger charge is -2.34. The minimum atomic E-state index is -4.77. The number of benzene rings is 1. The first-order valence-electron chi connectivity index (χ1n) is 7.34. The number of ether oxygens (including phenoxy) is 1. The van der Waals surface area contributed by atoms with Crippen molar-refractivity contribution in [3.8, 4) is 5.75 Å². The summed E-state index contributed by atoms with van der Waals surface area (Å²) in [6.07, 6.45) is -1.50. The van der Waals surface area contributed by atoms with E-state index < -0.39 is 17.8 Å². The lowest BCUT2D eigenvalue weighted by Crippen LogP contribution is -2.58. The van der Waals surface area contributed by atoms with E-state index in [4.69, 9.17) is 4.74 Å². The first-order valence-corrected chi connectivity index (χ1v) is 7.34. The van der Waals surface area contributed by atoms with Crippen LogP contribution in [-0.2, 0) is 0 Å². The van der Waals surface area contributed by atoms with Gasteiger partial charge in [-0.2, -0.15) is 18.3 Å². The summed E-state index contributed by atoms with van der Waals surface area (Å²) in [6.45, 7) is 0. The summed E-state index contributed by atoms with van der Waals surface area (Å²) in [5.41, 5.74) is 0.809. The Morgan fingerprint density at radius 2 is 2.04 bits per heavy atom. The molecular weight excluding hydrogens is 309 g/mol. The maximum atomic E-state index is 13.1. The maximum absolute atomic E-state index is 13.1. The van der Waals surface area contributed by atoms with Crippen molar-refractivity contribution in [2.75, 3.05) is 7.11 Å². The third-order valence-corrected chi connectivity index (χ3v) is 4.34. The molecule has 23 heavy (non-hydrogen) atoms. The largest absolute Gasteiger partial charge is 0.497 e. The quantitative estimate of drug-likeness (QED) is 0.878. The van der Waals surface area contributed by atoms with Gasteiger partial charge in [0.2, 0.25) is 0 Å². The number of allylic oxidation sites excluding steroid dienone is 1. The Kier molecular flexibility index (Phi) is 3.83. The number of alkyl halides is 3. The first-order chi connectivity index (χ1) is 10.8. The number of nitrogens with one attached hydrogen (secondary N) is 1. The molecule has 1 fully saturated rings. The highest BCUT2D eigenvalue weighted by atomic mass is 19.4. The number of nitrogens with zero attached hydrogens (tertiary/aromatic N) is 1. The van der Waals surface area contributed by atoms with Crippen LogP contribution in [-0.4, -0.2) is 29.8 Å². The first kappa shape index (κ1) is 15.9. The molecule has 0 aromatic heterocycles. The van der Waals surface area contributed by atoms with E-state index in [-0.39, 0.29) is 6.42 Å². The van der Waals surface area contributed by atoms with E-state index >= 15 is 0 Å². The zero-order valence-electron chi connectivity index (χ0n) is 12.5. The normalized spacial score (nSPS) is 29.0. The van der Waals surface area contributed by atoms with Crippen LogP contribution in [0.15, 0.2) is 34.9 Å². The summed E-state index contributed by atoms with van der Waals surface area (Å²) in [5, 5.41) is 13.8. The molecule has 7 heteroatoms. The molecule has 2 N–H and O–H groups in total. The number of halogens is 3. The molecule has 0 radical (unpaired) electrons. The molecule has 1 aromatic rings. The van der Waals surface area contributed by atoms with E-state index in [1.807, 2.05) is 23.6 Å². The van der Waals surface area contributed by atoms with Crippen molar-refractivity contribution in [1.82, 2.24) is 5.43 Å². The minimum Gasteiger partial charge on any atom is -0.497 e. The number of aliphatic hydroxyl groups is 1. The smallest absolute Gasteiger partial charge is 0.438 e. The number of methoxy groups -OCH3 is 1. The van der Waals surface area contributed by atoms with Crippen molar-refractivity contribution >= 4 is 11.8 Å². The Hall–Kier alpha value is -2.02. The van der Waals surface area contributed by atoms with Gasteiger partial charge in [-0.1, -0.05) is 12.1 Å². The number of rotatable bonds is 2. The molecule has 1 aromatic carbocycles. The van der Waals surface area contributed by atoms with E-state index in [0.717, 1.165) is 11.1 Å². The SMILES string of the molecule is COc1ccc(C=C2CCCC3C2=NNC3(O)C(F)(F)F)cc1. The second-order valence-corrected chi connectivity index (χ2v) is 5.76. The molecule has 3 rings (SSSR count). The fourth-order valence-corrected chi connectivity index (χ4v) is 3.07. The summed E-state index contributed by atoms with van der Waals surface area (Å²) in [5.74, 6) is -0.360. The Morgan fingerprint density at radius 1 is 1.35 bits per heavy atom. The highest BCUT2D eigenvalue weighted by molar-refractivity contribution is 6.07. The van der Waals surface area contributed by atoms with Gasteiger partial charge >= 0.3 is 6.18 Å². The van der Waals surface area contributed by atoms with Crippen molar-refractivity contribution < 1.29 is 23.0 Å². The second kappa shape index (κ2) is 5.56. The van der Waals surface area contributed by atoms with Gasteiger partial charge in [-0.3, -0.25) is 5.43 Å². The van der Waals surface area contributed by atoms with Crippen molar-refractivity contribution in [2.24, 2.45) is 11.0 Å². The molecule has 0 bridgehead atoms. The van der Waals surface area contributed by atoms with Crippen LogP contribution < -0.4 is 10.2 Å². The number of hydrogen-bond acceptors (Lipinski definition) is 4. The molecule has 1 heterocycles. The molecule has 0 amide bonds. The summed E-state index contributed by atoms with van der Waals surface area (Å²) in [7, 11) is 1.57. The monoisotopic (exact) mass is 326 g/mol. The maximum Gasteiger partial charge on any atom is 0.438 e. The molecular formula is C16H17F3N2O2. The predicted octanol–water partition coefficient (Wildman–Crippen LogP) is 3.09. The summed E-state index contributed by atoms with van der Waals surface area (Å²) < 4.78 is 44.5. The van der Waals surface area contributed by atoms with E-state index in [0.29, 0.717) is 24.3 Å². The molecule has 1 saturated carbocycles. The minimum absolute atomic E-state index is 0.252. The van der Waals surface area contributed by atoms with Gasteiger partial charge in [0.25, 0.3) is 5.72 Å². The van der Waals surface area contributed by atoms with Crippen molar-refractivity contribution in [1.29, 1.82) is 0 Å². The predicted molar refractivity (Wildman–Crippen MR) is 79.9 cm³/mol. The van der Waals surface area contributed by atoms with E-state index in [9.17, 15) is 18.3 Å². The van der Waals surface area contributed by atoms with Gasteiger partial charge in [0, 0.05) is 0 Å². The van der Waals surface area contributed by atoms with Crippen molar-refractivity contribution in [2.45, 2.75) is 31.2 Å². The Morgan fingerprint density at radius 3 is 2.65 bits per heavy atom. The van der Waals surface area contributed by atoms with Crippen LogP contribution in [0.4, 0.5) is 13.2 Å². The van der Waals surface area contributed by atoms with Gasteiger partial charge in [0.15, 0.2) is 0 Å². The Balaban J connectivity index is 1.89. The van der Waals surface area contributed by atoms with Crippen molar-refractivity contribution in [3.05, 3.63) is 35.4 Å². The third-order valence-electron chi connectivity index (χ3n) is 4.34. The van der Waals surface area contributed by atoms with E-state index in [1.165, 1.54) is 0 Å². The molecule has 2 atom stereocenters. The van der Waals surface area contributed by atoms with Crippen molar-refractivity contribution in [3.63, 3.8) is 0 Å². The average molecular weight is 326 g/mol. The van der Waals surface area contributed by atoms with E-state index in [1.54, 1.807) is 19.2 Å². The van der Waals surface area contributed by atoms with Gasteiger partial charge in [0.05, 0.1) is 18.7 Å². The molecule has 124 valence electrons. The molecule has 2 aliphatic rings. The van der Waals surface area contributed by atoms with Crippen LogP contribution in [0.5, 0.6) is 5.75 Å². The molecule has 4 nitrogen and oxygen atoms in total. The zero-order chi connectivity index (χ0) is 16.7. The molecule has 1 aliphatic heterocycles. The van der Waals surface area contributed by atoms with Gasteiger partial charge < -0.3 is 9.84 Å². The van der Waals surface area contributed by atoms with Gasteiger partial charge in [-0.25, -0.2) is 0 Å². The molecule has 0 saturated heterocycles. The third kappa shape index (κ3) is 2.69. The highest BCUT2D eigenvalue weighted by Crippen LogP contribution is 2.44. The topological polar surface area (TPSA) is 53.8 Å². The van der Waals surface area contributed by atoms with Crippen LogP contribution in [0.25, 0.3) is 6.08 Å². The Bertz CT molecular complexity index is 652. The standard InChI is InChI=1S/C16H17F3N2O2/c1-23-12-7-5-10(6-8-12)9-11-3-2-4-13-14(11)20-21-15(13,22)16(17,18)19/h5-9,13,21-22H,2-4H2,1H3. The van der Waals surface area contributed by atoms with Crippen LogP contribution in [0.3, 0.4) is 0 Å². The van der Waals surface area contributed by atoms with Gasteiger partial charge in [0.1, 0.15) is 5.75 Å². The molecule has 2 unspecified atom stereocenters.